The SMILES string of the molecule is CCCC(c1cc(F)c(-c2ccc(Cl)cc2)c(F)c1)C(F)c1ccc2ccccc2c1. The Labute approximate surface area is 185 Å². The van der Waals surface area contributed by atoms with Gasteiger partial charge in [-0.1, -0.05) is 73.5 Å². The molecule has 0 saturated carbocycles. The maximum atomic E-state index is 15.7. The molecule has 31 heavy (non-hydrogen) atoms. The molecule has 4 aromatic carbocycles. The van der Waals surface area contributed by atoms with Crippen molar-refractivity contribution in [2.75, 3.05) is 0 Å². The van der Waals surface area contributed by atoms with E-state index in [1.165, 1.54) is 12.1 Å². The van der Waals surface area contributed by atoms with Crippen molar-refractivity contribution in [3.8, 4) is 11.1 Å². The minimum Gasteiger partial charge on any atom is -0.242 e. The van der Waals surface area contributed by atoms with Crippen LogP contribution in [0.1, 0.15) is 43.0 Å². The summed E-state index contributed by atoms with van der Waals surface area (Å²) in [7, 11) is 0. The fourth-order valence-corrected chi connectivity index (χ4v) is 4.23. The molecule has 158 valence electrons. The molecule has 4 heteroatoms. The zero-order valence-electron chi connectivity index (χ0n) is 17.1. The Bertz CT molecular complexity index is 1180. The number of benzene rings is 4. The number of rotatable bonds is 6. The Morgan fingerprint density at radius 2 is 1.42 bits per heavy atom. The highest BCUT2D eigenvalue weighted by Gasteiger charge is 2.26. The van der Waals surface area contributed by atoms with Crippen LogP contribution >= 0.6 is 11.6 Å². The molecule has 0 aromatic heterocycles. The minimum atomic E-state index is -1.37. The number of hydrogen-bond donors (Lipinski definition) is 0. The Kier molecular flexibility index (Phi) is 6.33. The first-order valence-corrected chi connectivity index (χ1v) is 10.7. The van der Waals surface area contributed by atoms with Crippen molar-refractivity contribution in [2.45, 2.75) is 31.9 Å². The van der Waals surface area contributed by atoms with E-state index in [4.69, 9.17) is 11.6 Å². The van der Waals surface area contributed by atoms with Gasteiger partial charge in [0.1, 0.15) is 17.8 Å². The van der Waals surface area contributed by atoms with Gasteiger partial charge in [0.15, 0.2) is 0 Å². The molecule has 0 nitrogen and oxygen atoms in total. The molecule has 4 rings (SSSR count). The standard InChI is InChI=1S/C27H22ClF3/c1-2-5-23(27(31)20-9-8-17-6-3-4-7-19(17)14-20)21-15-24(29)26(25(30)16-21)18-10-12-22(28)13-11-18/h3-4,6-16,23,27H,2,5H2,1H3. The van der Waals surface area contributed by atoms with Crippen LogP contribution in [0.15, 0.2) is 78.9 Å². The molecule has 4 aromatic rings. The van der Waals surface area contributed by atoms with E-state index < -0.39 is 23.7 Å². The van der Waals surface area contributed by atoms with Crippen LogP contribution in [0, 0.1) is 11.6 Å². The van der Waals surface area contributed by atoms with Gasteiger partial charge < -0.3 is 0 Å². The van der Waals surface area contributed by atoms with Crippen molar-refractivity contribution in [3.05, 3.63) is 107 Å². The van der Waals surface area contributed by atoms with Crippen molar-refractivity contribution < 1.29 is 13.2 Å². The third-order valence-electron chi connectivity index (χ3n) is 5.67. The zero-order valence-corrected chi connectivity index (χ0v) is 17.8. The molecular formula is C27H22ClF3. The van der Waals surface area contributed by atoms with Gasteiger partial charge in [-0.3, -0.25) is 0 Å². The average molecular weight is 439 g/mol. The number of hydrogen-bond acceptors (Lipinski definition) is 0. The summed E-state index contributed by atoms with van der Waals surface area (Å²) in [4.78, 5) is 0. The molecular weight excluding hydrogens is 417 g/mol. The molecule has 0 aliphatic carbocycles. The van der Waals surface area contributed by atoms with Crippen LogP contribution in [0.4, 0.5) is 13.2 Å². The average Bonchev–Trinajstić information content (AvgIpc) is 2.77. The van der Waals surface area contributed by atoms with Gasteiger partial charge in [0.25, 0.3) is 0 Å². The minimum absolute atomic E-state index is 0.128. The molecule has 0 aliphatic heterocycles. The summed E-state index contributed by atoms with van der Waals surface area (Å²) >= 11 is 5.88. The fourth-order valence-electron chi connectivity index (χ4n) is 4.10. The highest BCUT2D eigenvalue weighted by atomic mass is 35.5. The molecule has 0 saturated heterocycles. The van der Waals surface area contributed by atoms with Crippen LogP contribution in [-0.4, -0.2) is 0 Å². The van der Waals surface area contributed by atoms with Crippen molar-refractivity contribution in [1.82, 2.24) is 0 Å². The molecule has 0 spiro atoms. The van der Waals surface area contributed by atoms with Crippen LogP contribution in [0.3, 0.4) is 0 Å². The molecule has 0 amide bonds. The van der Waals surface area contributed by atoms with Crippen molar-refractivity contribution in [1.29, 1.82) is 0 Å². The lowest BCUT2D eigenvalue weighted by Gasteiger charge is -2.23. The molecule has 0 aliphatic rings. The fraction of sp³-hybridized carbons (Fsp3) is 0.185. The van der Waals surface area contributed by atoms with E-state index in [9.17, 15) is 8.78 Å². The second kappa shape index (κ2) is 9.15. The van der Waals surface area contributed by atoms with E-state index in [0.29, 0.717) is 34.6 Å². The lowest BCUT2D eigenvalue weighted by atomic mass is 9.85. The van der Waals surface area contributed by atoms with Gasteiger partial charge in [0.05, 0.1) is 5.56 Å². The van der Waals surface area contributed by atoms with Gasteiger partial charge in [-0.25, -0.2) is 13.2 Å². The largest absolute Gasteiger partial charge is 0.242 e. The van der Waals surface area contributed by atoms with Crippen molar-refractivity contribution >= 4 is 22.4 Å². The topological polar surface area (TPSA) is 0 Å². The molecule has 0 fully saturated rings. The van der Waals surface area contributed by atoms with Gasteiger partial charge in [-0.15, -0.1) is 0 Å². The van der Waals surface area contributed by atoms with Gasteiger partial charge in [0.2, 0.25) is 0 Å². The normalized spacial score (nSPS) is 13.3. The Balaban J connectivity index is 1.72. The Morgan fingerprint density at radius 3 is 2.06 bits per heavy atom. The van der Waals surface area contributed by atoms with E-state index in [1.54, 1.807) is 30.3 Å². The van der Waals surface area contributed by atoms with Crippen LogP contribution in [0.25, 0.3) is 21.9 Å². The highest BCUT2D eigenvalue weighted by Crippen LogP contribution is 2.40. The third-order valence-corrected chi connectivity index (χ3v) is 5.92. The summed E-state index contributed by atoms with van der Waals surface area (Å²) in [6, 6.07) is 22.0. The van der Waals surface area contributed by atoms with E-state index in [0.717, 1.165) is 10.8 Å². The van der Waals surface area contributed by atoms with E-state index in [-0.39, 0.29) is 5.56 Å². The smallest absolute Gasteiger partial charge is 0.134 e. The lowest BCUT2D eigenvalue weighted by Crippen LogP contribution is -2.09. The molecule has 0 N–H and O–H groups in total. The van der Waals surface area contributed by atoms with E-state index in [1.807, 2.05) is 43.3 Å². The van der Waals surface area contributed by atoms with E-state index >= 15 is 4.39 Å². The van der Waals surface area contributed by atoms with Gasteiger partial charge in [-0.05, 0) is 64.2 Å². The number of halogens is 4. The third kappa shape index (κ3) is 4.47. The lowest BCUT2D eigenvalue weighted by molar-refractivity contribution is 0.275. The van der Waals surface area contributed by atoms with Crippen LogP contribution in [-0.2, 0) is 0 Å². The summed E-state index contributed by atoms with van der Waals surface area (Å²) < 4.78 is 45.6. The summed E-state index contributed by atoms with van der Waals surface area (Å²) in [5, 5.41) is 2.45. The molecule has 2 unspecified atom stereocenters. The predicted octanol–water partition coefficient (Wildman–Crippen LogP) is 9.03. The zero-order chi connectivity index (χ0) is 22.0. The highest BCUT2D eigenvalue weighted by molar-refractivity contribution is 6.30. The quantitative estimate of drug-likeness (QED) is 0.281. The van der Waals surface area contributed by atoms with E-state index in [2.05, 4.69) is 0 Å². The Hall–Kier alpha value is -2.78. The molecule has 0 bridgehead atoms. The summed E-state index contributed by atoms with van der Waals surface area (Å²) in [5.41, 5.74) is 1.11. The monoisotopic (exact) mass is 438 g/mol. The summed E-state index contributed by atoms with van der Waals surface area (Å²) in [6.45, 7) is 1.94. The second-order valence-corrected chi connectivity index (χ2v) is 8.21. The second-order valence-electron chi connectivity index (χ2n) is 7.77. The van der Waals surface area contributed by atoms with Crippen LogP contribution < -0.4 is 0 Å². The summed E-state index contributed by atoms with van der Waals surface area (Å²) in [5.74, 6) is -2.05. The van der Waals surface area contributed by atoms with Crippen molar-refractivity contribution in [2.24, 2.45) is 0 Å². The number of alkyl halides is 1. The molecule has 0 heterocycles. The molecule has 2 atom stereocenters. The maximum Gasteiger partial charge on any atom is 0.134 e. The van der Waals surface area contributed by atoms with Crippen LogP contribution in [0.5, 0.6) is 0 Å². The first-order valence-electron chi connectivity index (χ1n) is 10.4. The predicted molar refractivity (Wildman–Crippen MR) is 122 cm³/mol. The molecule has 0 radical (unpaired) electrons. The number of fused-ring (bicyclic) bond motifs is 1. The van der Waals surface area contributed by atoms with Gasteiger partial charge in [-0.2, -0.15) is 0 Å². The van der Waals surface area contributed by atoms with Crippen molar-refractivity contribution in [3.63, 3.8) is 0 Å². The maximum absolute atomic E-state index is 15.7. The first kappa shape index (κ1) is 21.5. The van der Waals surface area contributed by atoms with Gasteiger partial charge >= 0.3 is 0 Å². The van der Waals surface area contributed by atoms with Crippen LogP contribution in [0.2, 0.25) is 5.02 Å². The van der Waals surface area contributed by atoms with Gasteiger partial charge in [0, 0.05) is 10.9 Å². The first-order chi connectivity index (χ1) is 15.0. The summed E-state index contributed by atoms with van der Waals surface area (Å²) in [6.07, 6.45) is -0.196. The Morgan fingerprint density at radius 1 is 0.774 bits per heavy atom.